The van der Waals surface area contributed by atoms with Crippen LogP contribution in [-0.4, -0.2) is 16.8 Å². The molecule has 0 amide bonds. The highest BCUT2D eigenvalue weighted by Crippen LogP contribution is 2.20. The van der Waals surface area contributed by atoms with E-state index in [1.165, 1.54) is 4.68 Å². The first kappa shape index (κ1) is 14.4. The normalized spacial score (nSPS) is 11.7. The molecule has 0 saturated carbocycles. The van der Waals surface area contributed by atoms with Gasteiger partial charge in [-0.25, -0.2) is 4.39 Å². The average molecular weight is 287 g/mol. The van der Waals surface area contributed by atoms with Gasteiger partial charge in [-0.3, -0.25) is 4.68 Å². The standard InChI is InChI=1S/C12H12BF4N2O/c1-8-5-10(19(2)18-8)7-20-12-6-9(14)3-4-11(12)13(15,16)17/h3-6H,7H2,1-2H3/q-1. The molecule has 0 radical (unpaired) electrons. The van der Waals surface area contributed by atoms with E-state index in [0.717, 1.165) is 17.8 Å². The van der Waals surface area contributed by atoms with Crippen molar-refractivity contribution >= 4 is 12.4 Å². The van der Waals surface area contributed by atoms with Crippen LogP contribution in [0.1, 0.15) is 11.4 Å². The second-order valence-corrected chi connectivity index (χ2v) is 4.45. The Labute approximate surface area is 113 Å². The van der Waals surface area contributed by atoms with Crippen molar-refractivity contribution in [2.24, 2.45) is 7.05 Å². The fourth-order valence-corrected chi connectivity index (χ4v) is 1.85. The smallest absolute Gasteiger partial charge is 0.490 e. The Morgan fingerprint density at radius 2 is 1.95 bits per heavy atom. The third-order valence-electron chi connectivity index (χ3n) is 2.80. The van der Waals surface area contributed by atoms with Crippen LogP contribution >= 0.6 is 0 Å². The predicted octanol–water partition coefficient (Wildman–Crippen LogP) is 2.50. The molecule has 1 aromatic carbocycles. The van der Waals surface area contributed by atoms with Gasteiger partial charge in [0.1, 0.15) is 12.4 Å². The van der Waals surface area contributed by atoms with Gasteiger partial charge < -0.3 is 17.7 Å². The molecule has 2 rings (SSSR count). The number of aromatic nitrogens is 2. The largest absolute Gasteiger partial charge is 0.513 e. The summed E-state index contributed by atoms with van der Waals surface area (Å²) in [4.78, 5) is 0. The molecule has 20 heavy (non-hydrogen) atoms. The number of ether oxygens (including phenoxy) is 1. The predicted molar refractivity (Wildman–Crippen MR) is 67.4 cm³/mol. The topological polar surface area (TPSA) is 27.1 Å². The molecule has 1 heterocycles. The van der Waals surface area contributed by atoms with Crippen molar-refractivity contribution in [1.82, 2.24) is 9.78 Å². The Balaban J connectivity index is 2.25. The fourth-order valence-electron chi connectivity index (χ4n) is 1.85. The van der Waals surface area contributed by atoms with Gasteiger partial charge in [0.05, 0.1) is 17.1 Å². The van der Waals surface area contributed by atoms with Gasteiger partial charge in [-0.2, -0.15) is 5.10 Å². The highest BCUT2D eigenvalue weighted by molar-refractivity contribution is 6.74. The highest BCUT2D eigenvalue weighted by atomic mass is 19.4. The molecule has 0 fully saturated rings. The van der Waals surface area contributed by atoms with Crippen LogP contribution < -0.4 is 10.2 Å². The van der Waals surface area contributed by atoms with Gasteiger partial charge in [-0.05, 0) is 19.1 Å². The summed E-state index contributed by atoms with van der Waals surface area (Å²) in [5.74, 6) is -1.28. The van der Waals surface area contributed by atoms with Gasteiger partial charge in [-0.15, -0.1) is 0 Å². The zero-order chi connectivity index (χ0) is 14.9. The molecular weight excluding hydrogens is 275 g/mol. The zero-order valence-electron chi connectivity index (χ0n) is 10.9. The molecule has 0 bridgehead atoms. The van der Waals surface area contributed by atoms with Crippen LogP contribution in [0, 0.1) is 12.7 Å². The molecule has 8 heteroatoms. The lowest BCUT2D eigenvalue weighted by atomic mass is 9.79. The molecule has 0 aliphatic carbocycles. The molecular formula is C12H12BF4N2O-. The molecule has 0 spiro atoms. The SMILES string of the molecule is Cc1cc(COc2cc(F)ccc2[B-](F)(F)F)n(C)n1. The van der Waals surface area contributed by atoms with Crippen LogP contribution in [0.25, 0.3) is 0 Å². The molecule has 0 N–H and O–H groups in total. The summed E-state index contributed by atoms with van der Waals surface area (Å²) in [6, 6.07) is 3.90. The van der Waals surface area contributed by atoms with Crippen LogP contribution in [0.5, 0.6) is 5.75 Å². The van der Waals surface area contributed by atoms with Crippen molar-refractivity contribution in [1.29, 1.82) is 0 Å². The quantitative estimate of drug-likeness (QED) is 0.638. The van der Waals surface area contributed by atoms with E-state index >= 15 is 0 Å². The number of aryl methyl sites for hydroxylation is 2. The zero-order valence-corrected chi connectivity index (χ0v) is 10.9. The van der Waals surface area contributed by atoms with E-state index < -0.39 is 24.0 Å². The lowest BCUT2D eigenvalue weighted by molar-refractivity contribution is 0.294. The van der Waals surface area contributed by atoms with E-state index in [4.69, 9.17) is 4.74 Å². The summed E-state index contributed by atoms with van der Waals surface area (Å²) in [5.41, 5.74) is 0.392. The number of nitrogens with zero attached hydrogens (tertiary/aromatic N) is 2. The number of benzene rings is 1. The van der Waals surface area contributed by atoms with Gasteiger partial charge >= 0.3 is 6.98 Å². The molecule has 0 aliphatic heterocycles. The first-order valence-corrected chi connectivity index (χ1v) is 5.89. The summed E-state index contributed by atoms with van der Waals surface area (Å²) < 4.78 is 58.2. The van der Waals surface area contributed by atoms with Crippen LogP contribution in [-0.2, 0) is 13.7 Å². The Kier molecular flexibility index (Phi) is 3.74. The van der Waals surface area contributed by atoms with Crippen molar-refractivity contribution in [2.75, 3.05) is 0 Å². The summed E-state index contributed by atoms with van der Waals surface area (Å²) in [7, 11) is 1.66. The van der Waals surface area contributed by atoms with E-state index in [0.29, 0.717) is 11.8 Å². The monoisotopic (exact) mass is 287 g/mol. The summed E-state index contributed by atoms with van der Waals surface area (Å²) >= 11 is 0. The minimum absolute atomic E-state index is 0.111. The van der Waals surface area contributed by atoms with Gasteiger partial charge in [0.25, 0.3) is 0 Å². The first-order valence-electron chi connectivity index (χ1n) is 5.89. The van der Waals surface area contributed by atoms with Gasteiger partial charge in [0, 0.05) is 13.1 Å². The second-order valence-electron chi connectivity index (χ2n) is 4.45. The third-order valence-corrected chi connectivity index (χ3v) is 2.80. The minimum atomic E-state index is -5.25. The third kappa shape index (κ3) is 3.12. The van der Waals surface area contributed by atoms with Crippen LogP contribution in [0.3, 0.4) is 0 Å². The molecule has 0 saturated heterocycles. The summed E-state index contributed by atoms with van der Waals surface area (Å²) in [5, 5.41) is 4.06. The molecule has 0 atom stereocenters. The Hall–Kier alpha value is -1.99. The summed E-state index contributed by atoms with van der Waals surface area (Å²) in [6.07, 6.45) is 0. The molecule has 2 aromatic rings. The maximum absolute atomic E-state index is 13.1. The van der Waals surface area contributed by atoms with E-state index in [2.05, 4.69) is 5.10 Å². The number of rotatable bonds is 4. The lowest BCUT2D eigenvalue weighted by Crippen LogP contribution is -2.35. The van der Waals surface area contributed by atoms with Crippen molar-refractivity contribution in [3.8, 4) is 5.75 Å². The molecule has 3 nitrogen and oxygen atoms in total. The number of hydrogen-bond acceptors (Lipinski definition) is 2. The Morgan fingerprint density at radius 1 is 1.25 bits per heavy atom. The van der Waals surface area contributed by atoms with Gasteiger partial charge in [0.15, 0.2) is 0 Å². The lowest BCUT2D eigenvalue weighted by Gasteiger charge is -2.19. The van der Waals surface area contributed by atoms with Crippen LogP contribution in [0.4, 0.5) is 17.3 Å². The molecule has 0 unspecified atom stereocenters. The first-order chi connectivity index (χ1) is 9.27. The minimum Gasteiger partial charge on any atom is -0.490 e. The fraction of sp³-hybridized carbons (Fsp3) is 0.250. The Morgan fingerprint density at radius 3 is 2.50 bits per heavy atom. The van der Waals surface area contributed by atoms with Crippen molar-refractivity contribution in [2.45, 2.75) is 13.5 Å². The Bertz CT molecular complexity index is 624. The second kappa shape index (κ2) is 5.18. The highest BCUT2D eigenvalue weighted by Gasteiger charge is 2.29. The summed E-state index contributed by atoms with van der Waals surface area (Å²) in [6.45, 7) is -3.60. The van der Waals surface area contributed by atoms with Crippen molar-refractivity contribution in [3.05, 3.63) is 41.5 Å². The average Bonchev–Trinajstić information content (AvgIpc) is 2.63. The van der Waals surface area contributed by atoms with E-state index in [1.54, 1.807) is 20.0 Å². The van der Waals surface area contributed by atoms with Crippen LogP contribution in [0.2, 0.25) is 0 Å². The number of hydrogen-bond donors (Lipinski definition) is 0. The number of halogens is 4. The van der Waals surface area contributed by atoms with E-state index in [-0.39, 0.29) is 6.61 Å². The molecule has 1 aromatic heterocycles. The van der Waals surface area contributed by atoms with Gasteiger partial charge in [0.2, 0.25) is 0 Å². The van der Waals surface area contributed by atoms with Crippen molar-refractivity contribution < 1.29 is 22.1 Å². The van der Waals surface area contributed by atoms with Crippen LogP contribution in [0.15, 0.2) is 24.3 Å². The maximum Gasteiger partial charge on any atom is 0.513 e. The maximum atomic E-state index is 13.1. The van der Waals surface area contributed by atoms with Gasteiger partial charge in [-0.1, -0.05) is 11.5 Å². The van der Waals surface area contributed by atoms with Crippen molar-refractivity contribution in [3.63, 3.8) is 0 Å². The van der Waals surface area contributed by atoms with E-state index in [1.807, 2.05) is 0 Å². The molecule has 108 valence electrons. The molecule has 0 aliphatic rings. The van der Waals surface area contributed by atoms with E-state index in [9.17, 15) is 17.3 Å².